The zero-order chi connectivity index (χ0) is 21.2. The third kappa shape index (κ3) is 4.02. The summed E-state index contributed by atoms with van der Waals surface area (Å²) in [5.41, 5.74) is 3.45. The molecule has 1 fully saturated rings. The molecule has 0 radical (unpaired) electrons. The Morgan fingerprint density at radius 3 is 2.61 bits per heavy atom. The van der Waals surface area contributed by atoms with Crippen molar-refractivity contribution in [3.63, 3.8) is 0 Å². The number of hydrogen-bond acceptors (Lipinski definition) is 9. The van der Waals surface area contributed by atoms with Crippen molar-refractivity contribution in [2.75, 3.05) is 23.3 Å². The predicted molar refractivity (Wildman–Crippen MR) is 119 cm³/mol. The maximum absolute atomic E-state index is 4.83. The number of aromatic nitrogens is 7. The standard InChI is InChI=1S/C21H24N10/c1-13-9-31(10-14(2)29-13)18-8-22-5-16(30-18)6-25-20-19-17(15-3-23-11-24-4-15)7-26-21(19)28-12-27-20/h3-5,7-8,11-14,29H,6,9-10H2,1-2H3,(H2,25,26,27,28)/t13-,14+. The van der Waals surface area contributed by atoms with Gasteiger partial charge in [0.15, 0.2) is 0 Å². The summed E-state index contributed by atoms with van der Waals surface area (Å²) in [7, 11) is 0. The highest BCUT2D eigenvalue weighted by Gasteiger charge is 2.22. The Morgan fingerprint density at radius 2 is 1.81 bits per heavy atom. The fourth-order valence-electron chi connectivity index (χ4n) is 4.08. The molecule has 10 nitrogen and oxygen atoms in total. The average molecular weight is 416 g/mol. The van der Waals surface area contributed by atoms with Gasteiger partial charge in [0.05, 0.1) is 30.0 Å². The molecule has 1 aliphatic rings. The maximum atomic E-state index is 4.83. The molecule has 10 heteroatoms. The van der Waals surface area contributed by atoms with E-state index >= 15 is 0 Å². The number of nitrogens with one attached hydrogen (secondary N) is 3. The largest absolute Gasteiger partial charge is 0.364 e. The number of rotatable bonds is 5. The summed E-state index contributed by atoms with van der Waals surface area (Å²) in [4.78, 5) is 31.8. The molecular formula is C21H24N10. The van der Waals surface area contributed by atoms with Crippen LogP contribution >= 0.6 is 0 Å². The summed E-state index contributed by atoms with van der Waals surface area (Å²) in [6.45, 7) is 6.70. The van der Waals surface area contributed by atoms with Gasteiger partial charge in [-0.1, -0.05) is 0 Å². The highest BCUT2D eigenvalue weighted by Crippen LogP contribution is 2.31. The van der Waals surface area contributed by atoms with Crippen molar-refractivity contribution in [3.05, 3.63) is 49.3 Å². The highest BCUT2D eigenvalue weighted by molar-refractivity contribution is 6.00. The van der Waals surface area contributed by atoms with E-state index in [-0.39, 0.29) is 0 Å². The van der Waals surface area contributed by atoms with E-state index in [9.17, 15) is 0 Å². The smallest absolute Gasteiger partial charge is 0.147 e. The zero-order valence-electron chi connectivity index (χ0n) is 17.4. The molecule has 4 aromatic rings. The van der Waals surface area contributed by atoms with E-state index in [1.54, 1.807) is 18.6 Å². The van der Waals surface area contributed by atoms with E-state index in [1.807, 2.05) is 12.4 Å². The molecule has 0 aromatic carbocycles. The van der Waals surface area contributed by atoms with Crippen LogP contribution in [0.5, 0.6) is 0 Å². The van der Waals surface area contributed by atoms with Crippen LogP contribution in [0.2, 0.25) is 0 Å². The number of nitrogens with zero attached hydrogens (tertiary/aromatic N) is 7. The number of aromatic amines is 1. The molecule has 0 aliphatic carbocycles. The molecule has 2 atom stereocenters. The van der Waals surface area contributed by atoms with Gasteiger partial charge in [-0.05, 0) is 13.8 Å². The van der Waals surface area contributed by atoms with Crippen molar-refractivity contribution in [2.24, 2.45) is 0 Å². The van der Waals surface area contributed by atoms with Crippen LogP contribution in [0.1, 0.15) is 19.5 Å². The number of fused-ring (bicyclic) bond motifs is 1. The van der Waals surface area contributed by atoms with Crippen molar-refractivity contribution in [1.82, 2.24) is 40.2 Å². The first kappa shape index (κ1) is 19.3. The van der Waals surface area contributed by atoms with Gasteiger partial charge in [0.1, 0.15) is 29.9 Å². The molecule has 0 spiro atoms. The Balaban J connectivity index is 1.39. The fourth-order valence-corrected chi connectivity index (χ4v) is 4.08. The van der Waals surface area contributed by atoms with Crippen molar-refractivity contribution in [2.45, 2.75) is 32.5 Å². The number of H-pyrrole nitrogens is 1. The molecule has 31 heavy (non-hydrogen) atoms. The van der Waals surface area contributed by atoms with Gasteiger partial charge in [0.25, 0.3) is 0 Å². The lowest BCUT2D eigenvalue weighted by Gasteiger charge is -2.36. The van der Waals surface area contributed by atoms with Crippen LogP contribution in [0, 0.1) is 0 Å². The third-order valence-corrected chi connectivity index (χ3v) is 5.33. The zero-order valence-corrected chi connectivity index (χ0v) is 17.4. The van der Waals surface area contributed by atoms with Gasteiger partial charge in [-0.25, -0.2) is 24.9 Å². The van der Waals surface area contributed by atoms with Crippen molar-refractivity contribution < 1.29 is 0 Å². The molecule has 4 aromatic heterocycles. The van der Waals surface area contributed by atoms with Crippen LogP contribution in [-0.4, -0.2) is 60.1 Å². The number of anilines is 2. The van der Waals surface area contributed by atoms with Crippen molar-refractivity contribution >= 4 is 22.7 Å². The van der Waals surface area contributed by atoms with E-state index in [0.717, 1.165) is 52.6 Å². The Labute approximate surface area is 179 Å². The molecule has 3 N–H and O–H groups in total. The van der Waals surface area contributed by atoms with Crippen molar-refractivity contribution in [3.8, 4) is 11.1 Å². The monoisotopic (exact) mass is 416 g/mol. The molecule has 0 unspecified atom stereocenters. The van der Waals surface area contributed by atoms with Gasteiger partial charge in [0, 0.05) is 54.9 Å². The highest BCUT2D eigenvalue weighted by atomic mass is 15.3. The Hall–Kier alpha value is -3.66. The van der Waals surface area contributed by atoms with E-state index in [1.165, 1.54) is 12.7 Å². The molecule has 0 bridgehead atoms. The second-order valence-electron chi connectivity index (χ2n) is 7.87. The summed E-state index contributed by atoms with van der Waals surface area (Å²) in [6.07, 6.45) is 12.1. The van der Waals surface area contributed by atoms with Gasteiger partial charge in [0.2, 0.25) is 0 Å². The van der Waals surface area contributed by atoms with E-state index in [0.29, 0.717) is 18.6 Å². The lowest BCUT2D eigenvalue weighted by atomic mass is 10.1. The summed E-state index contributed by atoms with van der Waals surface area (Å²) < 4.78 is 0. The van der Waals surface area contributed by atoms with Gasteiger partial charge in [-0.2, -0.15) is 0 Å². The van der Waals surface area contributed by atoms with Crippen molar-refractivity contribution in [1.29, 1.82) is 0 Å². The van der Waals surface area contributed by atoms with Crippen LogP contribution < -0.4 is 15.5 Å². The first-order valence-corrected chi connectivity index (χ1v) is 10.3. The molecule has 0 amide bonds. The average Bonchev–Trinajstić information content (AvgIpc) is 3.23. The minimum Gasteiger partial charge on any atom is -0.364 e. The molecule has 1 saturated heterocycles. The molecule has 1 aliphatic heterocycles. The molecule has 5 rings (SSSR count). The summed E-state index contributed by atoms with van der Waals surface area (Å²) in [5.74, 6) is 1.62. The third-order valence-electron chi connectivity index (χ3n) is 5.33. The van der Waals surface area contributed by atoms with Gasteiger partial charge in [-0.15, -0.1) is 0 Å². The summed E-state index contributed by atoms with van der Waals surface area (Å²) in [6, 6.07) is 0.825. The quantitative estimate of drug-likeness (QED) is 0.448. The van der Waals surface area contributed by atoms with E-state index < -0.39 is 0 Å². The SMILES string of the molecule is C[C@@H]1CN(c2cncc(CNc3ncnc4[nH]cc(-c5cncnc5)c34)n2)C[C@H](C)N1. The van der Waals surface area contributed by atoms with E-state index in [2.05, 4.69) is 59.3 Å². The van der Waals surface area contributed by atoms with Crippen LogP contribution in [-0.2, 0) is 6.54 Å². The minimum absolute atomic E-state index is 0.413. The molecule has 5 heterocycles. The maximum Gasteiger partial charge on any atom is 0.147 e. The first-order valence-electron chi connectivity index (χ1n) is 10.3. The summed E-state index contributed by atoms with van der Waals surface area (Å²) >= 11 is 0. The topological polar surface area (TPSA) is 120 Å². The van der Waals surface area contributed by atoms with Crippen LogP contribution in [0.15, 0.2) is 43.6 Å². The lowest BCUT2D eigenvalue weighted by molar-refractivity contribution is 0.405. The predicted octanol–water partition coefficient (Wildman–Crippen LogP) is 2.00. The Bertz CT molecular complexity index is 1170. The Kier molecular flexibility index (Phi) is 5.13. The normalized spacial score (nSPS) is 19.0. The first-order chi connectivity index (χ1) is 15.2. The van der Waals surface area contributed by atoms with Gasteiger partial charge in [-0.3, -0.25) is 4.98 Å². The number of piperazine rings is 1. The molecule has 0 saturated carbocycles. The second kappa shape index (κ2) is 8.23. The fraction of sp³-hybridized carbons (Fsp3) is 0.333. The Morgan fingerprint density at radius 1 is 1.00 bits per heavy atom. The molecular weight excluding hydrogens is 392 g/mol. The van der Waals surface area contributed by atoms with Crippen LogP contribution in [0.4, 0.5) is 11.6 Å². The van der Waals surface area contributed by atoms with Crippen LogP contribution in [0.3, 0.4) is 0 Å². The van der Waals surface area contributed by atoms with Crippen LogP contribution in [0.25, 0.3) is 22.2 Å². The van der Waals surface area contributed by atoms with E-state index in [4.69, 9.17) is 4.98 Å². The van der Waals surface area contributed by atoms with Gasteiger partial charge < -0.3 is 20.5 Å². The number of hydrogen-bond donors (Lipinski definition) is 3. The summed E-state index contributed by atoms with van der Waals surface area (Å²) in [5, 5.41) is 7.84. The molecule has 158 valence electrons. The second-order valence-corrected chi connectivity index (χ2v) is 7.87. The lowest BCUT2D eigenvalue weighted by Crippen LogP contribution is -2.54. The minimum atomic E-state index is 0.413. The van der Waals surface area contributed by atoms with Gasteiger partial charge >= 0.3 is 0 Å².